The first-order valence-corrected chi connectivity index (χ1v) is 10.1. The van der Waals surface area contributed by atoms with Gasteiger partial charge in [-0.2, -0.15) is 0 Å². The van der Waals surface area contributed by atoms with Gasteiger partial charge in [-0.1, -0.05) is 12.1 Å². The Morgan fingerprint density at radius 3 is 2.61 bits per heavy atom. The van der Waals surface area contributed by atoms with Crippen LogP contribution >= 0.6 is 12.4 Å². The molecular weight excluding hydrogens is 405 g/mol. The molecule has 2 aromatic rings. The second-order valence-electron chi connectivity index (χ2n) is 6.73. The molecule has 1 fully saturated rings. The number of nitrogens with one attached hydrogen (secondary N) is 1. The highest BCUT2D eigenvalue weighted by Crippen LogP contribution is 2.27. The van der Waals surface area contributed by atoms with Gasteiger partial charge in [0.05, 0.1) is 10.9 Å². The van der Waals surface area contributed by atoms with Crippen LogP contribution in [0.2, 0.25) is 0 Å². The molecule has 1 atom stereocenters. The quantitative estimate of drug-likeness (QED) is 0.786. The van der Waals surface area contributed by atoms with Crippen molar-refractivity contribution < 1.29 is 17.6 Å². The van der Waals surface area contributed by atoms with Crippen LogP contribution in [-0.4, -0.2) is 38.9 Å². The number of sulfonamides is 1. The summed E-state index contributed by atoms with van der Waals surface area (Å²) in [7, 11) is -3.95. The molecule has 0 spiro atoms. The van der Waals surface area contributed by atoms with Crippen LogP contribution in [0.4, 0.5) is 4.39 Å². The summed E-state index contributed by atoms with van der Waals surface area (Å²) in [4.78, 5) is 14.8. The smallest absolute Gasteiger partial charge is 0.254 e. The SMILES string of the molecule is Cc1cc(C(=O)N2CCNCC2c2cccc(F)c2)cc(S(N)(=O)=O)c1C.Cl. The zero-order valence-corrected chi connectivity index (χ0v) is 17.2. The monoisotopic (exact) mass is 427 g/mol. The van der Waals surface area contributed by atoms with E-state index in [2.05, 4.69) is 5.32 Å². The number of hydrogen-bond donors (Lipinski definition) is 2. The number of amides is 1. The first-order chi connectivity index (χ1) is 12.7. The summed E-state index contributed by atoms with van der Waals surface area (Å²) in [5.74, 6) is -0.674. The Bertz CT molecular complexity index is 998. The van der Waals surface area contributed by atoms with Crippen molar-refractivity contribution in [3.05, 3.63) is 64.5 Å². The Labute approximate surface area is 170 Å². The standard InChI is InChI=1S/C19H22FN3O3S.ClH/c1-12-8-15(10-18(13(12)2)27(21,25)26)19(24)23-7-6-22-11-17(23)14-4-3-5-16(20)9-14;/h3-5,8-10,17,22H,6-7,11H2,1-2H3,(H2,21,25,26);1H. The molecule has 0 aliphatic carbocycles. The fraction of sp³-hybridized carbons (Fsp3) is 0.316. The van der Waals surface area contributed by atoms with Crippen LogP contribution < -0.4 is 10.5 Å². The van der Waals surface area contributed by atoms with Crippen LogP contribution in [0.25, 0.3) is 0 Å². The molecule has 1 amide bonds. The zero-order chi connectivity index (χ0) is 19.8. The van der Waals surface area contributed by atoms with E-state index in [4.69, 9.17) is 5.14 Å². The van der Waals surface area contributed by atoms with Crippen LogP contribution in [-0.2, 0) is 10.0 Å². The first kappa shape index (κ1) is 22.3. The molecule has 9 heteroatoms. The number of benzene rings is 2. The molecule has 0 bridgehead atoms. The van der Waals surface area contributed by atoms with Gasteiger partial charge in [0.2, 0.25) is 10.0 Å². The summed E-state index contributed by atoms with van der Waals surface area (Å²) < 4.78 is 37.4. The van der Waals surface area contributed by atoms with E-state index < -0.39 is 10.0 Å². The molecule has 6 nitrogen and oxygen atoms in total. The Morgan fingerprint density at radius 2 is 1.96 bits per heavy atom. The van der Waals surface area contributed by atoms with Crippen LogP contribution in [0.15, 0.2) is 41.3 Å². The number of aryl methyl sites for hydroxylation is 1. The maximum absolute atomic E-state index is 13.7. The largest absolute Gasteiger partial charge is 0.329 e. The first-order valence-electron chi connectivity index (χ1n) is 8.59. The average Bonchev–Trinajstić information content (AvgIpc) is 2.62. The molecule has 1 aliphatic heterocycles. The van der Waals surface area contributed by atoms with E-state index in [0.717, 1.165) is 0 Å². The van der Waals surface area contributed by atoms with E-state index in [1.54, 1.807) is 36.9 Å². The van der Waals surface area contributed by atoms with E-state index in [0.29, 0.717) is 36.3 Å². The number of carbonyl (C=O) groups excluding carboxylic acids is 1. The van der Waals surface area contributed by atoms with Gasteiger partial charge in [0.25, 0.3) is 5.91 Å². The van der Waals surface area contributed by atoms with E-state index in [1.807, 2.05) is 0 Å². The highest BCUT2D eigenvalue weighted by Gasteiger charge is 2.30. The molecule has 0 aromatic heterocycles. The van der Waals surface area contributed by atoms with E-state index in [9.17, 15) is 17.6 Å². The highest BCUT2D eigenvalue weighted by atomic mass is 35.5. The number of nitrogens with two attached hydrogens (primary N) is 1. The Balaban J connectivity index is 0.00000280. The molecule has 0 radical (unpaired) electrons. The summed E-state index contributed by atoms with van der Waals surface area (Å²) in [6.45, 7) is 4.91. The minimum absolute atomic E-state index is 0. The van der Waals surface area contributed by atoms with Gasteiger partial charge < -0.3 is 10.2 Å². The highest BCUT2D eigenvalue weighted by molar-refractivity contribution is 7.89. The second kappa shape index (κ2) is 8.57. The third kappa shape index (κ3) is 4.52. The fourth-order valence-electron chi connectivity index (χ4n) is 3.37. The lowest BCUT2D eigenvalue weighted by molar-refractivity contribution is 0.0633. The van der Waals surface area contributed by atoms with Gasteiger partial charge in [-0.3, -0.25) is 4.79 Å². The third-order valence-corrected chi connectivity index (χ3v) is 5.95. The molecule has 2 aromatic carbocycles. The maximum atomic E-state index is 13.7. The van der Waals surface area contributed by atoms with E-state index >= 15 is 0 Å². The number of piperazine rings is 1. The average molecular weight is 428 g/mol. The minimum atomic E-state index is -3.95. The molecular formula is C19H23ClFN3O3S. The fourth-order valence-corrected chi connectivity index (χ4v) is 4.25. The van der Waals surface area contributed by atoms with Gasteiger partial charge >= 0.3 is 0 Å². The Hall–Kier alpha value is -2.00. The summed E-state index contributed by atoms with van der Waals surface area (Å²) >= 11 is 0. The second-order valence-corrected chi connectivity index (χ2v) is 8.26. The van der Waals surface area contributed by atoms with Crippen molar-refractivity contribution in [1.82, 2.24) is 10.2 Å². The van der Waals surface area contributed by atoms with Crippen LogP contribution in [0.3, 0.4) is 0 Å². The lowest BCUT2D eigenvalue weighted by atomic mass is 10.0. The third-order valence-electron chi connectivity index (χ3n) is 4.91. The van der Waals surface area contributed by atoms with Gasteiger partial charge in [-0.15, -0.1) is 12.4 Å². The van der Waals surface area contributed by atoms with Gasteiger partial charge in [0.15, 0.2) is 0 Å². The van der Waals surface area contributed by atoms with E-state index in [1.165, 1.54) is 18.2 Å². The van der Waals surface area contributed by atoms with Crippen LogP contribution in [0.5, 0.6) is 0 Å². The summed E-state index contributed by atoms with van der Waals surface area (Å²) in [5, 5.41) is 8.52. The molecule has 152 valence electrons. The molecule has 28 heavy (non-hydrogen) atoms. The molecule has 3 N–H and O–H groups in total. The molecule has 1 aliphatic rings. The van der Waals surface area contributed by atoms with Crippen molar-refractivity contribution in [3.8, 4) is 0 Å². The minimum Gasteiger partial charge on any atom is -0.329 e. The van der Waals surface area contributed by atoms with Crippen molar-refractivity contribution in [2.75, 3.05) is 19.6 Å². The normalized spacial score (nSPS) is 17.1. The number of hydrogen-bond acceptors (Lipinski definition) is 4. The van der Waals surface area contributed by atoms with Gasteiger partial charge in [-0.25, -0.2) is 17.9 Å². The van der Waals surface area contributed by atoms with Crippen molar-refractivity contribution in [3.63, 3.8) is 0 Å². The molecule has 3 rings (SSSR count). The van der Waals surface area contributed by atoms with Gasteiger partial charge in [0.1, 0.15) is 5.82 Å². The topological polar surface area (TPSA) is 92.5 Å². The number of carbonyl (C=O) groups is 1. The molecule has 1 heterocycles. The summed E-state index contributed by atoms with van der Waals surface area (Å²) in [5.41, 5.74) is 2.13. The lowest BCUT2D eigenvalue weighted by Gasteiger charge is -2.36. The zero-order valence-electron chi connectivity index (χ0n) is 15.6. The van der Waals surface area contributed by atoms with Crippen LogP contribution in [0, 0.1) is 19.7 Å². The maximum Gasteiger partial charge on any atom is 0.254 e. The summed E-state index contributed by atoms with van der Waals surface area (Å²) in [6, 6.07) is 8.79. The van der Waals surface area contributed by atoms with E-state index in [-0.39, 0.29) is 40.6 Å². The number of rotatable bonds is 3. The van der Waals surface area contributed by atoms with Gasteiger partial charge in [-0.05, 0) is 54.8 Å². The lowest BCUT2D eigenvalue weighted by Crippen LogP contribution is -2.48. The van der Waals surface area contributed by atoms with Crippen molar-refractivity contribution in [1.29, 1.82) is 0 Å². The van der Waals surface area contributed by atoms with Crippen LogP contribution in [0.1, 0.15) is 33.1 Å². The number of nitrogens with zero attached hydrogens (tertiary/aromatic N) is 1. The number of halogens is 2. The van der Waals surface area contributed by atoms with Crippen molar-refractivity contribution in [2.45, 2.75) is 24.8 Å². The number of primary sulfonamides is 1. The van der Waals surface area contributed by atoms with Crippen molar-refractivity contribution in [2.24, 2.45) is 5.14 Å². The predicted octanol–water partition coefficient (Wildman–Crippen LogP) is 2.30. The van der Waals surface area contributed by atoms with Gasteiger partial charge in [0, 0.05) is 25.2 Å². The Kier molecular flexibility index (Phi) is 6.82. The molecule has 1 saturated heterocycles. The molecule has 0 saturated carbocycles. The summed E-state index contributed by atoms with van der Waals surface area (Å²) in [6.07, 6.45) is 0. The Morgan fingerprint density at radius 1 is 1.25 bits per heavy atom. The predicted molar refractivity (Wildman–Crippen MR) is 108 cm³/mol. The van der Waals surface area contributed by atoms with Crippen molar-refractivity contribution >= 4 is 28.3 Å². The molecule has 1 unspecified atom stereocenters.